The van der Waals surface area contributed by atoms with Crippen molar-refractivity contribution < 1.29 is 43.2 Å². The van der Waals surface area contributed by atoms with Crippen molar-refractivity contribution in [1.29, 1.82) is 0 Å². The quantitative estimate of drug-likeness (QED) is 0.204. The van der Waals surface area contributed by atoms with Gasteiger partial charge in [0.05, 0.1) is 39.6 Å². The SMILES string of the molecule is CCCCCCC(=O)OCCOCCOCCOCCNC(=O)COCC(=O)O. The first kappa shape index (κ1) is 27.2. The minimum absolute atomic E-state index is 0.179. The van der Waals surface area contributed by atoms with Crippen LogP contribution in [0.4, 0.5) is 0 Å². The predicted molar refractivity (Wildman–Crippen MR) is 104 cm³/mol. The molecule has 0 aromatic carbocycles. The van der Waals surface area contributed by atoms with E-state index >= 15 is 0 Å². The summed E-state index contributed by atoms with van der Waals surface area (Å²) in [5.74, 6) is -1.70. The standard InChI is InChI=1S/C19H35NO9/c1-2-3-4-5-6-19(24)29-14-13-27-12-11-26-10-9-25-8-7-20-17(21)15-28-16-18(22)23/h2-16H2,1H3,(H,20,21)(H,22,23). The summed E-state index contributed by atoms with van der Waals surface area (Å²) in [5, 5.41) is 10.9. The number of hydrogen-bond donors (Lipinski definition) is 2. The Bertz CT molecular complexity index is 432. The second-order valence-corrected chi connectivity index (χ2v) is 6.10. The van der Waals surface area contributed by atoms with Gasteiger partial charge >= 0.3 is 11.9 Å². The maximum Gasteiger partial charge on any atom is 0.329 e. The topological polar surface area (TPSA) is 130 Å². The number of carbonyl (C=O) groups excluding carboxylic acids is 2. The first-order chi connectivity index (χ1) is 14.1. The lowest BCUT2D eigenvalue weighted by atomic mass is 10.2. The van der Waals surface area contributed by atoms with Gasteiger partial charge in [-0.1, -0.05) is 26.2 Å². The van der Waals surface area contributed by atoms with E-state index in [1.807, 2.05) is 0 Å². The summed E-state index contributed by atoms with van der Waals surface area (Å²) in [4.78, 5) is 32.9. The minimum atomic E-state index is -1.12. The molecule has 10 nitrogen and oxygen atoms in total. The summed E-state index contributed by atoms with van der Waals surface area (Å²) >= 11 is 0. The summed E-state index contributed by atoms with van der Waals surface area (Å²) in [5.41, 5.74) is 0. The van der Waals surface area contributed by atoms with Gasteiger partial charge in [-0.05, 0) is 6.42 Å². The zero-order valence-corrected chi connectivity index (χ0v) is 17.3. The molecule has 0 fully saturated rings. The molecular formula is C19H35NO9. The van der Waals surface area contributed by atoms with E-state index in [0.29, 0.717) is 52.6 Å². The van der Waals surface area contributed by atoms with E-state index in [0.717, 1.165) is 25.7 Å². The molecule has 2 N–H and O–H groups in total. The Morgan fingerprint density at radius 2 is 1.38 bits per heavy atom. The van der Waals surface area contributed by atoms with Gasteiger partial charge in [-0.2, -0.15) is 0 Å². The highest BCUT2D eigenvalue weighted by atomic mass is 16.6. The van der Waals surface area contributed by atoms with Crippen molar-refractivity contribution in [3.63, 3.8) is 0 Å². The lowest BCUT2D eigenvalue weighted by Gasteiger charge is -2.08. The molecule has 0 aliphatic carbocycles. The Morgan fingerprint density at radius 3 is 2.00 bits per heavy atom. The van der Waals surface area contributed by atoms with Crippen LogP contribution < -0.4 is 5.32 Å². The maximum absolute atomic E-state index is 11.4. The molecule has 0 atom stereocenters. The van der Waals surface area contributed by atoms with Crippen LogP contribution in [0.1, 0.15) is 39.0 Å². The molecule has 0 spiro atoms. The van der Waals surface area contributed by atoms with Crippen molar-refractivity contribution in [3.8, 4) is 0 Å². The number of hydrogen-bond acceptors (Lipinski definition) is 8. The van der Waals surface area contributed by atoms with Crippen LogP contribution in [0.2, 0.25) is 0 Å². The zero-order valence-electron chi connectivity index (χ0n) is 17.3. The Hall–Kier alpha value is -1.75. The van der Waals surface area contributed by atoms with E-state index in [1.54, 1.807) is 0 Å². The largest absolute Gasteiger partial charge is 0.480 e. The van der Waals surface area contributed by atoms with Gasteiger partial charge in [0, 0.05) is 13.0 Å². The minimum Gasteiger partial charge on any atom is -0.480 e. The highest BCUT2D eigenvalue weighted by Gasteiger charge is 2.03. The third-order valence-electron chi connectivity index (χ3n) is 3.50. The first-order valence-electron chi connectivity index (χ1n) is 10.0. The third-order valence-corrected chi connectivity index (χ3v) is 3.50. The fourth-order valence-electron chi connectivity index (χ4n) is 2.07. The number of carboxylic acids is 1. The average molecular weight is 421 g/mol. The highest BCUT2D eigenvalue weighted by molar-refractivity contribution is 5.77. The van der Waals surface area contributed by atoms with Crippen molar-refractivity contribution in [2.75, 3.05) is 66.0 Å². The van der Waals surface area contributed by atoms with Crippen LogP contribution in [0.5, 0.6) is 0 Å². The monoisotopic (exact) mass is 421 g/mol. The third kappa shape index (κ3) is 22.4. The zero-order chi connectivity index (χ0) is 21.6. The van der Waals surface area contributed by atoms with Gasteiger partial charge in [0.1, 0.15) is 19.8 Å². The fourth-order valence-corrected chi connectivity index (χ4v) is 2.07. The lowest BCUT2D eigenvalue weighted by Crippen LogP contribution is -2.31. The number of rotatable bonds is 21. The van der Waals surface area contributed by atoms with Crippen LogP contribution in [0.15, 0.2) is 0 Å². The van der Waals surface area contributed by atoms with Gasteiger partial charge in [0.15, 0.2) is 0 Å². The number of amides is 1. The van der Waals surface area contributed by atoms with E-state index in [4.69, 9.17) is 24.1 Å². The van der Waals surface area contributed by atoms with Gasteiger partial charge in [-0.25, -0.2) is 4.79 Å². The molecule has 0 aromatic heterocycles. The fraction of sp³-hybridized carbons (Fsp3) is 0.842. The van der Waals surface area contributed by atoms with Crippen LogP contribution in [-0.2, 0) is 38.1 Å². The molecule has 0 aromatic rings. The predicted octanol–water partition coefficient (Wildman–Crippen LogP) is 0.767. The number of ether oxygens (including phenoxy) is 5. The van der Waals surface area contributed by atoms with Gasteiger partial charge in [-0.15, -0.1) is 0 Å². The Morgan fingerprint density at radius 1 is 0.759 bits per heavy atom. The second-order valence-electron chi connectivity index (χ2n) is 6.10. The summed E-state index contributed by atoms with van der Waals surface area (Å²) < 4.78 is 25.6. The number of carbonyl (C=O) groups is 3. The van der Waals surface area contributed by atoms with E-state index in [9.17, 15) is 14.4 Å². The number of nitrogens with one attached hydrogen (secondary N) is 1. The van der Waals surface area contributed by atoms with Crippen LogP contribution >= 0.6 is 0 Å². The molecule has 0 saturated heterocycles. The molecule has 0 aliphatic rings. The molecule has 0 unspecified atom stereocenters. The summed E-state index contributed by atoms with van der Waals surface area (Å²) in [6.45, 7) is 4.12. The Labute approximate surface area is 172 Å². The molecule has 0 saturated carbocycles. The molecule has 29 heavy (non-hydrogen) atoms. The van der Waals surface area contributed by atoms with Gasteiger partial charge in [0.25, 0.3) is 0 Å². The molecule has 10 heteroatoms. The molecule has 0 radical (unpaired) electrons. The van der Waals surface area contributed by atoms with E-state index in [1.165, 1.54) is 0 Å². The van der Waals surface area contributed by atoms with Crippen molar-refractivity contribution in [2.45, 2.75) is 39.0 Å². The van der Waals surface area contributed by atoms with E-state index < -0.39 is 18.5 Å². The van der Waals surface area contributed by atoms with Crippen molar-refractivity contribution in [2.24, 2.45) is 0 Å². The lowest BCUT2D eigenvalue weighted by molar-refractivity contribution is -0.146. The van der Waals surface area contributed by atoms with Crippen molar-refractivity contribution in [3.05, 3.63) is 0 Å². The van der Waals surface area contributed by atoms with Crippen molar-refractivity contribution >= 4 is 17.8 Å². The maximum atomic E-state index is 11.4. The number of carboxylic acid groups (broad SMARTS) is 1. The van der Waals surface area contributed by atoms with Gasteiger partial charge in [0.2, 0.25) is 5.91 Å². The smallest absolute Gasteiger partial charge is 0.329 e. The van der Waals surface area contributed by atoms with Gasteiger partial charge in [-0.3, -0.25) is 9.59 Å². The van der Waals surface area contributed by atoms with Crippen LogP contribution in [-0.4, -0.2) is 89.0 Å². The van der Waals surface area contributed by atoms with Gasteiger partial charge < -0.3 is 34.1 Å². The first-order valence-corrected chi connectivity index (χ1v) is 10.0. The molecule has 0 heterocycles. The molecule has 0 rings (SSSR count). The Balaban J connectivity index is 3.21. The average Bonchev–Trinajstić information content (AvgIpc) is 2.68. The highest BCUT2D eigenvalue weighted by Crippen LogP contribution is 2.03. The number of esters is 1. The summed E-state index contributed by atoms with van der Waals surface area (Å²) in [6.07, 6.45) is 4.68. The Kier molecular flexibility index (Phi) is 19.7. The molecule has 170 valence electrons. The molecule has 1 amide bonds. The van der Waals surface area contributed by atoms with Crippen LogP contribution in [0.3, 0.4) is 0 Å². The normalized spacial score (nSPS) is 10.7. The van der Waals surface area contributed by atoms with Crippen LogP contribution in [0.25, 0.3) is 0 Å². The summed E-state index contributed by atoms with van der Waals surface area (Å²) in [7, 11) is 0. The second kappa shape index (κ2) is 21.0. The molecule has 0 bridgehead atoms. The number of aliphatic carboxylic acids is 1. The summed E-state index contributed by atoms with van der Waals surface area (Å²) in [6, 6.07) is 0. The number of unbranched alkanes of at least 4 members (excludes halogenated alkanes) is 3. The van der Waals surface area contributed by atoms with E-state index in [2.05, 4.69) is 17.0 Å². The molecule has 0 aliphatic heterocycles. The van der Waals surface area contributed by atoms with Crippen LogP contribution in [0, 0.1) is 0 Å². The van der Waals surface area contributed by atoms with Crippen molar-refractivity contribution in [1.82, 2.24) is 5.32 Å². The van der Waals surface area contributed by atoms with E-state index in [-0.39, 0.29) is 19.2 Å². The molecular weight excluding hydrogens is 386 g/mol.